The zero-order valence-electron chi connectivity index (χ0n) is 13.4. The average Bonchev–Trinajstić information content (AvgIpc) is 3.06. The first kappa shape index (κ1) is 15.1. The van der Waals surface area contributed by atoms with Crippen LogP contribution in [0.5, 0.6) is 5.75 Å². The van der Waals surface area contributed by atoms with Gasteiger partial charge in [-0.05, 0) is 36.6 Å². The van der Waals surface area contributed by atoms with E-state index < -0.39 is 0 Å². The number of ether oxygens (including phenoxy) is 1. The lowest BCUT2D eigenvalue weighted by molar-refractivity contribution is 0.414. The van der Waals surface area contributed by atoms with Crippen molar-refractivity contribution < 1.29 is 4.74 Å². The van der Waals surface area contributed by atoms with Gasteiger partial charge in [0.1, 0.15) is 5.75 Å². The molecule has 0 fully saturated rings. The van der Waals surface area contributed by atoms with Crippen LogP contribution < -0.4 is 10.1 Å². The zero-order chi connectivity index (χ0) is 16.1. The van der Waals surface area contributed by atoms with E-state index in [9.17, 15) is 0 Å². The van der Waals surface area contributed by atoms with E-state index in [1.54, 1.807) is 11.8 Å². The summed E-state index contributed by atoms with van der Waals surface area (Å²) >= 11 is 0. The minimum absolute atomic E-state index is 0.765. The Hall–Kier alpha value is -2.82. The standard InChI is InChI=1S/C18H20N4O/c1-14-6-3-4-7-15(14)10-11-19-18-13-22(21-20-18)16-8-5-9-17(12-16)23-2/h3-9,12-13,19H,10-11H2,1-2H3. The van der Waals surface area contributed by atoms with Gasteiger partial charge in [-0.25, -0.2) is 4.68 Å². The first-order valence-corrected chi connectivity index (χ1v) is 7.61. The van der Waals surface area contributed by atoms with Crippen LogP contribution in [0.1, 0.15) is 11.1 Å². The molecule has 1 N–H and O–H groups in total. The minimum atomic E-state index is 0.765. The summed E-state index contributed by atoms with van der Waals surface area (Å²) in [6, 6.07) is 16.1. The summed E-state index contributed by atoms with van der Waals surface area (Å²) in [5, 5.41) is 11.6. The van der Waals surface area contributed by atoms with Crippen LogP contribution in [0.25, 0.3) is 5.69 Å². The number of methoxy groups -OCH3 is 1. The second kappa shape index (κ2) is 6.96. The molecule has 0 bridgehead atoms. The molecule has 2 aromatic carbocycles. The number of aromatic nitrogens is 3. The molecule has 5 nitrogen and oxygen atoms in total. The van der Waals surface area contributed by atoms with Crippen LogP contribution in [0, 0.1) is 6.92 Å². The Morgan fingerprint density at radius 3 is 2.83 bits per heavy atom. The number of aryl methyl sites for hydroxylation is 1. The largest absolute Gasteiger partial charge is 0.497 e. The van der Waals surface area contributed by atoms with Crippen molar-refractivity contribution in [3.63, 3.8) is 0 Å². The third-order valence-electron chi connectivity index (χ3n) is 3.77. The predicted octanol–water partition coefficient (Wildman–Crippen LogP) is 3.24. The molecule has 0 saturated carbocycles. The number of hydrogen-bond acceptors (Lipinski definition) is 4. The lowest BCUT2D eigenvalue weighted by Gasteiger charge is -2.06. The van der Waals surface area contributed by atoms with Crippen LogP contribution in [0.15, 0.2) is 54.7 Å². The summed E-state index contributed by atoms with van der Waals surface area (Å²) < 4.78 is 6.97. The van der Waals surface area contributed by atoms with Gasteiger partial charge < -0.3 is 10.1 Å². The molecule has 3 rings (SSSR count). The molecule has 0 atom stereocenters. The molecule has 0 aliphatic rings. The molecular formula is C18H20N4O. The van der Waals surface area contributed by atoms with Crippen LogP contribution in [-0.2, 0) is 6.42 Å². The van der Waals surface area contributed by atoms with E-state index >= 15 is 0 Å². The fourth-order valence-corrected chi connectivity index (χ4v) is 2.44. The molecule has 23 heavy (non-hydrogen) atoms. The second-order valence-electron chi connectivity index (χ2n) is 5.35. The van der Waals surface area contributed by atoms with Crippen molar-refractivity contribution in [2.24, 2.45) is 0 Å². The van der Waals surface area contributed by atoms with Gasteiger partial charge >= 0.3 is 0 Å². The summed E-state index contributed by atoms with van der Waals surface area (Å²) in [5.74, 6) is 1.56. The average molecular weight is 308 g/mol. The van der Waals surface area contributed by atoms with Gasteiger partial charge in [0.25, 0.3) is 0 Å². The van der Waals surface area contributed by atoms with E-state index in [1.807, 2.05) is 30.5 Å². The van der Waals surface area contributed by atoms with Gasteiger partial charge in [0.15, 0.2) is 5.82 Å². The molecular weight excluding hydrogens is 288 g/mol. The fraction of sp³-hybridized carbons (Fsp3) is 0.222. The van der Waals surface area contributed by atoms with E-state index in [0.29, 0.717) is 0 Å². The summed E-state index contributed by atoms with van der Waals surface area (Å²) in [6.07, 6.45) is 2.84. The first-order valence-electron chi connectivity index (χ1n) is 7.61. The molecule has 1 aromatic heterocycles. The molecule has 0 amide bonds. The molecule has 0 aliphatic carbocycles. The smallest absolute Gasteiger partial charge is 0.169 e. The maximum Gasteiger partial charge on any atom is 0.169 e. The number of benzene rings is 2. The highest BCUT2D eigenvalue weighted by atomic mass is 16.5. The Balaban J connectivity index is 1.62. The lowest BCUT2D eigenvalue weighted by atomic mass is 10.1. The van der Waals surface area contributed by atoms with Gasteiger partial charge in [0.2, 0.25) is 0 Å². The van der Waals surface area contributed by atoms with E-state index in [1.165, 1.54) is 11.1 Å². The van der Waals surface area contributed by atoms with Gasteiger partial charge in [0.05, 0.1) is 19.0 Å². The molecule has 1 heterocycles. The maximum absolute atomic E-state index is 5.23. The van der Waals surface area contributed by atoms with Crippen molar-refractivity contribution in [3.05, 3.63) is 65.9 Å². The number of anilines is 1. The third-order valence-corrected chi connectivity index (χ3v) is 3.77. The number of nitrogens with zero attached hydrogens (tertiary/aromatic N) is 3. The Kier molecular flexibility index (Phi) is 4.57. The van der Waals surface area contributed by atoms with Gasteiger partial charge in [0, 0.05) is 12.6 Å². The summed E-state index contributed by atoms with van der Waals surface area (Å²) in [4.78, 5) is 0. The third kappa shape index (κ3) is 3.69. The Labute approximate surface area is 135 Å². The van der Waals surface area contributed by atoms with Crippen molar-refractivity contribution in [2.75, 3.05) is 19.0 Å². The zero-order valence-corrected chi connectivity index (χ0v) is 13.4. The molecule has 118 valence electrons. The van der Waals surface area contributed by atoms with Gasteiger partial charge in [-0.3, -0.25) is 0 Å². The van der Waals surface area contributed by atoms with E-state index in [2.05, 4.69) is 46.8 Å². The highest BCUT2D eigenvalue weighted by molar-refractivity contribution is 5.41. The van der Waals surface area contributed by atoms with Gasteiger partial charge in [-0.1, -0.05) is 35.5 Å². The summed E-state index contributed by atoms with van der Waals surface area (Å²) in [5.41, 5.74) is 3.58. The SMILES string of the molecule is COc1cccc(-n2cc(NCCc3ccccc3C)nn2)c1. The molecule has 3 aromatic rings. The van der Waals surface area contributed by atoms with Crippen molar-refractivity contribution >= 4 is 5.82 Å². The summed E-state index contributed by atoms with van der Waals surface area (Å²) in [6.45, 7) is 2.95. The normalized spacial score (nSPS) is 10.5. The molecule has 5 heteroatoms. The minimum Gasteiger partial charge on any atom is -0.497 e. The lowest BCUT2D eigenvalue weighted by Crippen LogP contribution is -2.06. The van der Waals surface area contributed by atoms with E-state index in [0.717, 1.165) is 30.2 Å². The van der Waals surface area contributed by atoms with Crippen molar-refractivity contribution in [3.8, 4) is 11.4 Å². The predicted molar refractivity (Wildman–Crippen MR) is 91.3 cm³/mol. The summed E-state index contributed by atoms with van der Waals surface area (Å²) in [7, 11) is 1.65. The molecule has 0 radical (unpaired) electrons. The van der Waals surface area contributed by atoms with Crippen molar-refractivity contribution in [1.29, 1.82) is 0 Å². The molecule has 0 spiro atoms. The Morgan fingerprint density at radius 1 is 1.13 bits per heavy atom. The molecule has 0 unspecified atom stereocenters. The number of hydrogen-bond donors (Lipinski definition) is 1. The molecule has 0 saturated heterocycles. The van der Waals surface area contributed by atoms with Gasteiger partial charge in [-0.2, -0.15) is 0 Å². The second-order valence-corrected chi connectivity index (χ2v) is 5.35. The van der Waals surface area contributed by atoms with Crippen LogP contribution in [0.3, 0.4) is 0 Å². The van der Waals surface area contributed by atoms with Crippen LogP contribution in [-0.4, -0.2) is 28.6 Å². The monoisotopic (exact) mass is 308 g/mol. The maximum atomic E-state index is 5.23. The highest BCUT2D eigenvalue weighted by Gasteiger charge is 2.04. The first-order chi connectivity index (χ1) is 11.3. The fourth-order valence-electron chi connectivity index (χ4n) is 2.44. The van der Waals surface area contributed by atoms with Crippen molar-refractivity contribution in [1.82, 2.24) is 15.0 Å². The Bertz CT molecular complexity index is 782. The van der Waals surface area contributed by atoms with Crippen LogP contribution >= 0.6 is 0 Å². The van der Waals surface area contributed by atoms with Crippen LogP contribution in [0.2, 0.25) is 0 Å². The van der Waals surface area contributed by atoms with Crippen molar-refractivity contribution in [2.45, 2.75) is 13.3 Å². The molecule has 0 aliphatic heterocycles. The Morgan fingerprint density at radius 2 is 2.00 bits per heavy atom. The highest BCUT2D eigenvalue weighted by Crippen LogP contribution is 2.16. The number of rotatable bonds is 6. The number of nitrogens with one attached hydrogen (secondary N) is 1. The van der Waals surface area contributed by atoms with Crippen LogP contribution in [0.4, 0.5) is 5.82 Å². The van der Waals surface area contributed by atoms with E-state index in [4.69, 9.17) is 4.74 Å². The topological polar surface area (TPSA) is 52.0 Å². The quantitative estimate of drug-likeness (QED) is 0.759. The van der Waals surface area contributed by atoms with E-state index in [-0.39, 0.29) is 0 Å². The van der Waals surface area contributed by atoms with Gasteiger partial charge in [-0.15, -0.1) is 5.10 Å².